The standard InChI is InChI=1S/C15H22NOP/c1-2-3-9-15(10-6-11-16-18)12-17-14-8-5-4-7-13(14)15/h2-5,7-8,16H,6,9-12,18H2,1H3/b3-2-. The third-order valence-corrected chi connectivity index (χ3v) is 3.97. The molecular formula is C15H22NOP. The van der Waals surface area contributed by atoms with Gasteiger partial charge in [-0.1, -0.05) is 39.7 Å². The zero-order valence-corrected chi connectivity index (χ0v) is 12.1. The van der Waals surface area contributed by atoms with Crippen LogP contribution in [0.3, 0.4) is 0 Å². The van der Waals surface area contributed by atoms with Crippen LogP contribution >= 0.6 is 9.39 Å². The molecule has 1 aromatic rings. The average Bonchev–Trinajstić information content (AvgIpc) is 2.77. The van der Waals surface area contributed by atoms with Crippen molar-refractivity contribution in [2.24, 2.45) is 0 Å². The highest BCUT2D eigenvalue weighted by Gasteiger charge is 2.38. The molecule has 98 valence electrons. The summed E-state index contributed by atoms with van der Waals surface area (Å²) in [7, 11) is 2.57. The summed E-state index contributed by atoms with van der Waals surface area (Å²) in [6, 6.07) is 8.47. The van der Waals surface area contributed by atoms with Crippen LogP contribution in [-0.4, -0.2) is 13.2 Å². The number of benzene rings is 1. The summed E-state index contributed by atoms with van der Waals surface area (Å²) < 4.78 is 5.88. The van der Waals surface area contributed by atoms with Gasteiger partial charge < -0.3 is 9.82 Å². The molecule has 18 heavy (non-hydrogen) atoms. The lowest BCUT2D eigenvalue weighted by atomic mass is 9.75. The highest BCUT2D eigenvalue weighted by Crippen LogP contribution is 2.44. The van der Waals surface area contributed by atoms with Crippen LogP contribution in [0.5, 0.6) is 5.75 Å². The van der Waals surface area contributed by atoms with Gasteiger partial charge in [-0.25, -0.2) is 0 Å². The van der Waals surface area contributed by atoms with E-state index in [0.29, 0.717) is 0 Å². The van der Waals surface area contributed by atoms with Crippen LogP contribution in [0.25, 0.3) is 0 Å². The molecule has 1 aromatic carbocycles. The van der Waals surface area contributed by atoms with Gasteiger partial charge in [0, 0.05) is 11.0 Å². The van der Waals surface area contributed by atoms with Crippen LogP contribution in [0, 0.1) is 0 Å². The summed E-state index contributed by atoms with van der Waals surface area (Å²) in [5.41, 5.74) is 1.55. The smallest absolute Gasteiger partial charge is 0.123 e. The fourth-order valence-corrected chi connectivity index (χ4v) is 2.88. The third-order valence-electron chi connectivity index (χ3n) is 3.68. The lowest BCUT2D eigenvalue weighted by Gasteiger charge is -2.26. The van der Waals surface area contributed by atoms with Crippen molar-refractivity contribution in [2.75, 3.05) is 13.2 Å². The Labute approximate surface area is 112 Å². The van der Waals surface area contributed by atoms with Crippen LogP contribution in [0.1, 0.15) is 31.7 Å². The molecule has 3 heteroatoms. The van der Waals surface area contributed by atoms with Gasteiger partial charge >= 0.3 is 0 Å². The average molecular weight is 263 g/mol. The van der Waals surface area contributed by atoms with Gasteiger partial charge in [-0.15, -0.1) is 0 Å². The molecule has 0 amide bonds. The Bertz CT molecular complexity index is 419. The second kappa shape index (κ2) is 6.36. The van der Waals surface area contributed by atoms with Crippen LogP contribution in [0.15, 0.2) is 36.4 Å². The molecule has 2 atom stereocenters. The highest BCUT2D eigenvalue weighted by atomic mass is 31.0. The molecule has 1 N–H and O–H groups in total. The topological polar surface area (TPSA) is 21.3 Å². The van der Waals surface area contributed by atoms with E-state index in [-0.39, 0.29) is 5.41 Å². The number of hydrogen-bond acceptors (Lipinski definition) is 2. The van der Waals surface area contributed by atoms with Crippen molar-refractivity contribution in [3.8, 4) is 5.75 Å². The maximum atomic E-state index is 5.88. The van der Waals surface area contributed by atoms with Gasteiger partial charge in [0.1, 0.15) is 5.75 Å². The van der Waals surface area contributed by atoms with Crippen LogP contribution in [0.4, 0.5) is 0 Å². The van der Waals surface area contributed by atoms with Crippen molar-refractivity contribution in [3.05, 3.63) is 42.0 Å². The molecule has 0 aliphatic carbocycles. The summed E-state index contributed by atoms with van der Waals surface area (Å²) in [5, 5.41) is 3.15. The van der Waals surface area contributed by atoms with E-state index in [1.807, 2.05) is 0 Å². The summed E-state index contributed by atoms with van der Waals surface area (Å²) in [4.78, 5) is 0. The van der Waals surface area contributed by atoms with E-state index in [9.17, 15) is 0 Å². The fourth-order valence-electron chi connectivity index (χ4n) is 2.67. The fraction of sp³-hybridized carbons (Fsp3) is 0.467. The molecule has 1 aliphatic heterocycles. The lowest BCUT2D eigenvalue weighted by molar-refractivity contribution is 0.251. The Morgan fingerprint density at radius 3 is 3.06 bits per heavy atom. The molecule has 0 saturated heterocycles. The number of rotatable bonds is 6. The van der Waals surface area contributed by atoms with Crippen LogP contribution < -0.4 is 9.82 Å². The first kappa shape index (κ1) is 13.6. The Balaban J connectivity index is 2.21. The third kappa shape index (κ3) is 2.76. The predicted molar refractivity (Wildman–Crippen MR) is 80.0 cm³/mol. The largest absolute Gasteiger partial charge is 0.492 e. The SMILES string of the molecule is C/C=C\CC1(CCCNP)COc2ccccc21. The van der Waals surface area contributed by atoms with Gasteiger partial charge in [-0.05, 0) is 38.8 Å². The zero-order chi connectivity index (χ0) is 12.8. The van der Waals surface area contributed by atoms with E-state index >= 15 is 0 Å². The van der Waals surface area contributed by atoms with Crippen molar-refractivity contribution in [2.45, 2.75) is 31.6 Å². The number of fused-ring (bicyclic) bond motifs is 1. The van der Waals surface area contributed by atoms with Gasteiger partial charge in [-0.3, -0.25) is 0 Å². The molecular weight excluding hydrogens is 241 g/mol. The van der Waals surface area contributed by atoms with E-state index in [1.54, 1.807) is 0 Å². The minimum atomic E-state index is 0.171. The second-order valence-electron chi connectivity index (χ2n) is 4.90. The first-order chi connectivity index (χ1) is 8.82. The molecule has 0 spiro atoms. The maximum Gasteiger partial charge on any atom is 0.123 e. The number of hydrogen-bond donors (Lipinski definition) is 1. The molecule has 2 nitrogen and oxygen atoms in total. The van der Waals surface area contributed by atoms with E-state index in [0.717, 1.165) is 31.7 Å². The summed E-state index contributed by atoms with van der Waals surface area (Å²) >= 11 is 0. The van der Waals surface area contributed by atoms with Crippen molar-refractivity contribution < 1.29 is 4.74 Å². The molecule has 1 aliphatic rings. The number of nitrogens with one attached hydrogen (secondary N) is 1. The van der Waals surface area contributed by atoms with Gasteiger partial charge in [0.15, 0.2) is 0 Å². The van der Waals surface area contributed by atoms with Gasteiger partial charge in [0.2, 0.25) is 0 Å². The van der Waals surface area contributed by atoms with E-state index in [1.165, 1.54) is 12.0 Å². The molecule has 1 heterocycles. The molecule has 0 saturated carbocycles. The lowest BCUT2D eigenvalue weighted by Crippen LogP contribution is -2.28. The van der Waals surface area contributed by atoms with E-state index in [2.05, 4.69) is 57.8 Å². The number of allylic oxidation sites excluding steroid dienone is 2. The van der Waals surface area contributed by atoms with Crippen molar-refractivity contribution in [3.63, 3.8) is 0 Å². The van der Waals surface area contributed by atoms with Crippen molar-refractivity contribution in [1.82, 2.24) is 5.09 Å². The molecule has 0 aromatic heterocycles. The number of para-hydroxylation sites is 1. The van der Waals surface area contributed by atoms with Gasteiger partial charge in [0.25, 0.3) is 0 Å². The maximum absolute atomic E-state index is 5.88. The Hall–Kier alpha value is -0.850. The second-order valence-corrected chi connectivity index (χ2v) is 5.30. The minimum absolute atomic E-state index is 0.171. The highest BCUT2D eigenvalue weighted by molar-refractivity contribution is 7.13. The van der Waals surface area contributed by atoms with Gasteiger partial charge in [0.05, 0.1) is 6.61 Å². The monoisotopic (exact) mass is 263 g/mol. The Morgan fingerprint density at radius 1 is 1.44 bits per heavy atom. The minimum Gasteiger partial charge on any atom is -0.492 e. The molecule has 0 bridgehead atoms. The molecule has 2 rings (SSSR count). The predicted octanol–water partition coefficient (Wildman–Crippen LogP) is 3.44. The summed E-state index contributed by atoms with van der Waals surface area (Å²) in [6.07, 6.45) is 7.79. The first-order valence-electron chi connectivity index (χ1n) is 6.59. The van der Waals surface area contributed by atoms with Crippen LogP contribution in [0.2, 0.25) is 0 Å². The van der Waals surface area contributed by atoms with Gasteiger partial charge in [-0.2, -0.15) is 0 Å². The van der Waals surface area contributed by atoms with Crippen molar-refractivity contribution >= 4 is 9.39 Å². The number of ether oxygens (including phenoxy) is 1. The first-order valence-corrected chi connectivity index (χ1v) is 7.17. The van der Waals surface area contributed by atoms with E-state index < -0.39 is 0 Å². The summed E-state index contributed by atoms with van der Waals surface area (Å²) in [6.45, 7) is 3.93. The molecule has 0 radical (unpaired) electrons. The molecule has 0 fully saturated rings. The molecule has 2 unspecified atom stereocenters. The summed E-state index contributed by atoms with van der Waals surface area (Å²) in [5.74, 6) is 1.07. The Kier molecular flexibility index (Phi) is 4.79. The van der Waals surface area contributed by atoms with E-state index in [4.69, 9.17) is 4.74 Å². The van der Waals surface area contributed by atoms with Crippen LogP contribution in [-0.2, 0) is 5.41 Å². The Morgan fingerprint density at radius 2 is 2.28 bits per heavy atom. The zero-order valence-electron chi connectivity index (χ0n) is 11.0. The normalized spacial score (nSPS) is 22.1. The quantitative estimate of drug-likeness (QED) is 0.482. The van der Waals surface area contributed by atoms with Crippen molar-refractivity contribution in [1.29, 1.82) is 0 Å².